The number of halogens is 1. The van der Waals surface area contributed by atoms with E-state index in [1.165, 1.54) is 42.0 Å². The molecule has 2 heterocycles. The van der Waals surface area contributed by atoms with Crippen LogP contribution in [0.3, 0.4) is 0 Å². The molecule has 6 nitrogen and oxygen atoms in total. The van der Waals surface area contributed by atoms with E-state index in [1.54, 1.807) is 0 Å². The number of aromatic nitrogens is 1. The van der Waals surface area contributed by atoms with Gasteiger partial charge in [0.1, 0.15) is 0 Å². The van der Waals surface area contributed by atoms with Crippen LogP contribution in [0.1, 0.15) is 55.8 Å². The molecule has 166 valence electrons. The normalized spacial score (nSPS) is 20.1. The third-order valence-electron chi connectivity index (χ3n) is 5.92. The molecule has 8 heteroatoms. The van der Waals surface area contributed by atoms with Gasteiger partial charge in [0.2, 0.25) is 0 Å². The summed E-state index contributed by atoms with van der Waals surface area (Å²) in [6.45, 7) is 10.7. The second kappa shape index (κ2) is 13.1. The SMILES string of the molecule is CCNC(=NCC1(N2CCOCC2)CCCCC1)NCCc1ncc(CC)s1.I. The first-order chi connectivity index (χ1) is 13.8. The van der Waals surface area contributed by atoms with Crippen molar-refractivity contribution in [2.45, 2.75) is 64.3 Å². The summed E-state index contributed by atoms with van der Waals surface area (Å²) in [5, 5.41) is 8.15. The maximum absolute atomic E-state index is 5.60. The van der Waals surface area contributed by atoms with Crippen LogP contribution in [0.4, 0.5) is 0 Å². The Hall–Kier alpha value is -0.450. The lowest BCUT2D eigenvalue weighted by Gasteiger charge is -2.47. The first-order valence-electron chi connectivity index (χ1n) is 11.0. The summed E-state index contributed by atoms with van der Waals surface area (Å²) in [6, 6.07) is 0. The standard InChI is InChI=1S/C21H37N5OS.HI/c1-3-18-16-24-19(28-18)8-11-23-20(22-4-2)25-17-21(9-6-5-7-10-21)26-12-14-27-15-13-26;/h16H,3-15,17H2,1-2H3,(H2,22,23,25);1H. The molecule has 2 fully saturated rings. The molecule has 2 aliphatic rings. The molecule has 1 aliphatic heterocycles. The largest absolute Gasteiger partial charge is 0.379 e. The average Bonchev–Trinajstić information content (AvgIpc) is 3.21. The zero-order chi connectivity index (χ0) is 19.7. The number of aliphatic imine (C=N–C) groups is 1. The minimum absolute atomic E-state index is 0. The molecular formula is C21H38IN5OS. The lowest BCUT2D eigenvalue weighted by molar-refractivity contribution is -0.0333. The minimum Gasteiger partial charge on any atom is -0.379 e. The van der Waals surface area contributed by atoms with Gasteiger partial charge in [0, 0.05) is 49.2 Å². The number of nitrogens with one attached hydrogen (secondary N) is 2. The molecule has 0 amide bonds. The van der Waals surface area contributed by atoms with Gasteiger partial charge >= 0.3 is 0 Å². The quantitative estimate of drug-likeness (QED) is 0.304. The minimum atomic E-state index is 0. The van der Waals surface area contributed by atoms with Gasteiger partial charge in [0.15, 0.2) is 5.96 Å². The predicted molar refractivity (Wildman–Crippen MR) is 133 cm³/mol. The Balaban J connectivity index is 0.00000300. The summed E-state index contributed by atoms with van der Waals surface area (Å²) < 4.78 is 5.60. The van der Waals surface area contributed by atoms with Crippen LogP contribution in [0, 0.1) is 0 Å². The van der Waals surface area contributed by atoms with Gasteiger partial charge in [-0.1, -0.05) is 26.2 Å². The van der Waals surface area contributed by atoms with Gasteiger partial charge in [-0.25, -0.2) is 4.98 Å². The van der Waals surface area contributed by atoms with E-state index in [1.807, 2.05) is 17.5 Å². The van der Waals surface area contributed by atoms with Crippen LogP contribution in [0.2, 0.25) is 0 Å². The molecule has 0 atom stereocenters. The highest BCUT2D eigenvalue weighted by Gasteiger charge is 2.38. The van der Waals surface area contributed by atoms with Gasteiger partial charge in [-0.05, 0) is 26.2 Å². The smallest absolute Gasteiger partial charge is 0.191 e. The number of aryl methyl sites for hydroxylation is 1. The van der Waals surface area contributed by atoms with E-state index in [4.69, 9.17) is 9.73 Å². The highest BCUT2D eigenvalue weighted by Crippen LogP contribution is 2.34. The van der Waals surface area contributed by atoms with E-state index in [0.717, 1.165) is 64.7 Å². The first kappa shape index (κ1) is 24.8. The monoisotopic (exact) mass is 535 g/mol. The van der Waals surface area contributed by atoms with Gasteiger partial charge in [0.05, 0.1) is 24.8 Å². The van der Waals surface area contributed by atoms with E-state index in [9.17, 15) is 0 Å². The molecule has 0 radical (unpaired) electrons. The maximum atomic E-state index is 5.60. The molecule has 2 N–H and O–H groups in total. The van der Waals surface area contributed by atoms with Crippen molar-refractivity contribution in [3.8, 4) is 0 Å². The van der Waals surface area contributed by atoms with E-state index >= 15 is 0 Å². The molecule has 3 rings (SSSR count). The predicted octanol–water partition coefficient (Wildman–Crippen LogP) is 3.46. The lowest BCUT2D eigenvalue weighted by Crippen LogP contribution is -2.56. The van der Waals surface area contributed by atoms with E-state index in [2.05, 4.69) is 34.4 Å². The maximum Gasteiger partial charge on any atom is 0.191 e. The van der Waals surface area contributed by atoms with Crippen molar-refractivity contribution >= 4 is 41.3 Å². The summed E-state index contributed by atoms with van der Waals surface area (Å²) in [4.78, 5) is 13.6. The molecule has 0 bridgehead atoms. The number of rotatable bonds is 8. The molecule has 1 aliphatic carbocycles. The van der Waals surface area contributed by atoms with Crippen LogP contribution >= 0.6 is 35.3 Å². The van der Waals surface area contributed by atoms with Gasteiger partial charge in [-0.2, -0.15) is 0 Å². The summed E-state index contributed by atoms with van der Waals surface area (Å²) in [5.41, 5.74) is 0.218. The Morgan fingerprint density at radius 3 is 2.62 bits per heavy atom. The molecule has 29 heavy (non-hydrogen) atoms. The molecule has 0 aromatic carbocycles. The highest BCUT2D eigenvalue weighted by atomic mass is 127. The molecule has 1 aromatic rings. The third kappa shape index (κ3) is 7.33. The molecule has 1 aromatic heterocycles. The van der Waals surface area contributed by atoms with Crippen LogP contribution in [-0.2, 0) is 17.6 Å². The number of nitrogens with zero attached hydrogens (tertiary/aromatic N) is 3. The number of morpholine rings is 1. The van der Waals surface area contributed by atoms with Gasteiger partial charge in [-0.15, -0.1) is 35.3 Å². The number of thiazole rings is 1. The van der Waals surface area contributed by atoms with Crippen LogP contribution in [-0.4, -0.2) is 67.3 Å². The Kier molecular flexibility index (Phi) is 11.2. The molecule has 0 unspecified atom stereocenters. The van der Waals surface area contributed by atoms with Crippen LogP contribution < -0.4 is 10.6 Å². The fourth-order valence-corrected chi connectivity index (χ4v) is 5.17. The fourth-order valence-electron chi connectivity index (χ4n) is 4.30. The Morgan fingerprint density at radius 1 is 1.21 bits per heavy atom. The fraction of sp³-hybridized carbons (Fsp3) is 0.810. The van der Waals surface area contributed by atoms with E-state index in [-0.39, 0.29) is 29.5 Å². The van der Waals surface area contributed by atoms with Crippen molar-refractivity contribution in [3.05, 3.63) is 16.1 Å². The average molecular weight is 536 g/mol. The van der Waals surface area contributed by atoms with Crippen molar-refractivity contribution < 1.29 is 4.74 Å². The number of hydrogen-bond acceptors (Lipinski definition) is 5. The molecule has 0 spiro atoms. The first-order valence-corrected chi connectivity index (χ1v) is 11.9. The number of hydrogen-bond donors (Lipinski definition) is 2. The third-order valence-corrected chi connectivity index (χ3v) is 7.12. The lowest BCUT2D eigenvalue weighted by atomic mass is 9.80. The molecule has 1 saturated carbocycles. The van der Waals surface area contributed by atoms with E-state index in [0.29, 0.717) is 0 Å². The second-order valence-electron chi connectivity index (χ2n) is 7.83. The van der Waals surface area contributed by atoms with E-state index < -0.39 is 0 Å². The number of guanidine groups is 1. The van der Waals surface area contributed by atoms with Crippen LogP contribution in [0.15, 0.2) is 11.2 Å². The van der Waals surface area contributed by atoms with Crippen LogP contribution in [0.25, 0.3) is 0 Å². The van der Waals surface area contributed by atoms with Crippen molar-refractivity contribution in [3.63, 3.8) is 0 Å². The highest BCUT2D eigenvalue weighted by molar-refractivity contribution is 14.0. The van der Waals surface area contributed by atoms with Gasteiger partial charge in [0.25, 0.3) is 0 Å². The Bertz CT molecular complexity index is 612. The van der Waals surface area contributed by atoms with Crippen molar-refractivity contribution in [1.29, 1.82) is 0 Å². The Morgan fingerprint density at radius 2 is 1.97 bits per heavy atom. The summed E-state index contributed by atoms with van der Waals surface area (Å²) >= 11 is 1.82. The van der Waals surface area contributed by atoms with Crippen LogP contribution in [0.5, 0.6) is 0 Å². The summed E-state index contributed by atoms with van der Waals surface area (Å²) in [5.74, 6) is 0.938. The number of ether oxygens (including phenoxy) is 1. The summed E-state index contributed by atoms with van der Waals surface area (Å²) in [6.07, 6.45) is 10.5. The second-order valence-corrected chi connectivity index (χ2v) is 9.03. The van der Waals surface area contributed by atoms with Crippen molar-refractivity contribution in [2.24, 2.45) is 4.99 Å². The molecular weight excluding hydrogens is 497 g/mol. The zero-order valence-corrected chi connectivity index (χ0v) is 21.2. The van der Waals surface area contributed by atoms with Crippen molar-refractivity contribution in [2.75, 3.05) is 45.9 Å². The van der Waals surface area contributed by atoms with Crippen molar-refractivity contribution in [1.82, 2.24) is 20.5 Å². The van der Waals surface area contributed by atoms with Gasteiger partial charge < -0.3 is 15.4 Å². The Labute approximate surface area is 197 Å². The zero-order valence-electron chi connectivity index (χ0n) is 18.0. The summed E-state index contributed by atoms with van der Waals surface area (Å²) in [7, 11) is 0. The molecule has 1 saturated heterocycles. The van der Waals surface area contributed by atoms with Gasteiger partial charge in [-0.3, -0.25) is 9.89 Å². The topological polar surface area (TPSA) is 61.8 Å².